The summed E-state index contributed by atoms with van der Waals surface area (Å²) in [5.41, 5.74) is 29.5. The van der Waals surface area contributed by atoms with E-state index in [9.17, 15) is 0 Å². The Morgan fingerprint density at radius 1 is 0.200 bits per heavy atom. The van der Waals surface area contributed by atoms with Crippen LogP contribution in [-0.2, 0) is 80.4 Å². The van der Waals surface area contributed by atoms with Gasteiger partial charge in [0.05, 0.1) is 0 Å². The van der Waals surface area contributed by atoms with Gasteiger partial charge in [0.15, 0.2) is 0 Å². The molecule has 4 radical (unpaired) electrons. The normalized spacial score (nSPS) is 13.9. The van der Waals surface area contributed by atoms with Crippen LogP contribution in [0.1, 0.15) is 180 Å². The van der Waals surface area contributed by atoms with Crippen LogP contribution < -0.4 is 0 Å². The molecule has 0 fully saturated rings. The van der Waals surface area contributed by atoms with Crippen molar-refractivity contribution in [1.29, 1.82) is 0 Å². The first-order valence-electron chi connectivity index (χ1n) is 59.0. The van der Waals surface area contributed by atoms with Crippen LogP contribution in [0.3, 0.4) is 0 Å². The second-order valence-electron chi connectivity index (χ2n) is 33.5. The Labute approximate surface area is 954 Å². The number of pyridine rings is 8. The van der Waals surface area contributed by atoms with Crippen molar-refractivity contribution in [3.63, 3.8) is 0 Å². The largest absolute Gasteiger partial charge is 0.305 e. The predicted octanol–water partition coefficient (Wildman–Crippen LogP) is 34.1. The molecule has 0 aliphatic carbocycles. The molecule has 8 aromatic heterocycles. The van der Waals surface area contributed by atoms with Crippen LogP contribution in [0.5, 0.6) is 0 Å². The fraction of sp³-hybridized carbons (Fsp3) is 0.158. The van der Waals surface area contributed by atoms with E-state index >= 15 is 0 Å². The van der Waals surface area contributed by atoms with Gasteiger partial charge in [-0.25, -0.2) is 0 Å². The van der Waals surface area contributed by atoms with E-state index in [0.717, 1.165) is 95.1 Å². The third kappa shape index (κ3) is 35.1. The summed E-state index contributed by atoms with van der Waals surface area (Å²) < 4.78 is 200. The summed E-state index contributed by atoms with van der Waals surface area (Å²) in [6.07, 6.45) is 12.6. The van der Waals surface area contributed by atoms with E-state index in [1.165, 1.54) is 96.1 Å². The minimum Gasteiger partial charge on any atom is -0.305 e. The summed E-state index contributed by atoms with van der Waals surface area (Å²) in [7, 11) is 0. The van der Waals surface area contributed by atoms with Crippen molar-refractivity contribution < 1.29 is 117 Å². The van der Waals surface area contributed by atoms with Crippen molar-refractivity contribution in [3.8, 4) is 135 Å². The first-order chi connectivity index (χ1) is 78.9. The molecule has 738 valence electrons. The number of rotatable bonds is 15. The molecule has 20 aromatic rings. The van der Waals surface area contributed by atoms with Gasteiger partial charge in [-0.05, 0) is 226 Å². The van der Waals surface area contributed by atoms with E-state index < -0.39 is 72.5 Å². The number of hydrogen-bond acceptors (Lipinski definition) is 8. The molecule has 0 unspecified atom stereocenters. The molecule has 0 bridgehead atoms. The van der Waals surface area contributed by atoms with Gasteiger partial charge in [-0.1, -0.05) is 243 Å². The predicted molar refractivity (Wildman–Crippen MR) is 589 cm³/mol. The first-order valence-corrected chi connectivity index (χ1v) is 45.5. The van der Waals surface area contributed by atoms with Crippen LogP contribution in [0.25, 0.3) is 135 Å². The minimum atomic E-state index is -2.19. The van der Waals surface area contributed by atoms with Crippen LogP contribution in [0, 0.1) is 131 Å². The number of hydrogen-bond donors (Lipinski definition) is 0. The third-order valence-electron chi connectivity index (χ3n) is 22.2. The van der Waals surface area contributed by atoms with E-state index in [-0.39, 0.29) is 125 Å². The van der Waals surface area contributed by atoms with E-state index in [1.54, 1.807) is 69.3 Å². The van der Waals surface area contributed by atoms with Gasteiger partial charge in [-0.15, -0.1) is 285 Å². The van der Waals surface area contributed by atoms with Crippen molar-refractivity contribution in [2.24, 2.45) is 0 Å². The summed E-state index contributed by atoms with van der Waals surface area (Å²) in [5, 5.41) is 0. The van der Waals surface area contributed by atoms with Gasteiger partial charge < -0.3 is 39.9 Å². The molecule has 0 N–H and O–H groups in total. The smallest absolute Gasteiger partial charge is 0.0347 e. The second-order valence-corrected chi connectivity index (χ2v) is 33.5. The molecule has 0 amide bonds. The molecule has 8 nitrogen and oxygen atoms in total. The number of aromatic nitrogens is 8. The third-order valence-corrected chi connectivity index (χ3v) is 22.2. The molecule has 0 aliphatic heterocycles. The fourth-order valence-corrected chi connectivity index (χ4v) is 14.0. The van der Waals surface area contributed by atoms with Crippen LogP contribution in [0.4, 0.5) is 0 Å². The summed E-state index contributed by atoms with van der Waals surface area (Å²) in [4.78, 5) is 34.2. The van der Waals surface area contributed by atoms with Gasteiger partial charge in [-0.2, -0.15) is 0 Å². The quantitative estimate of drug-likeness (QED) is 0.0935. The van der Waals surface area contributed by atoms with Gasteiger partial charge in [0, 0.05) is 167 Å². The Morgan fingerprint density at radius 2 is 0.434 bits per heavy atom. The van der Waals surface area contributed by atoms with Gasteiger partial charge in [0.2, 0.25) is 0 Å². The Morgan fingerprint density at radius 3 is 0.648 bits per heavy atom. The van der Waals surface area contributed by atoms with Crippen LogP contribution in [0.15, 0.2) is 395 Å². The average Bonchev–Trinajstić information content (AvgIpc) is 0.816. The molecule has 145 heavy (non-hydrogen) atoms. The molecule has 0 saturated heterocycles. The zero-order chi connectivity index (χ0) is 122. The van der Waals surface area contributed by atoms with Crippen molar-refractivity contribution in [1.82, 2.24) is 39.9 Å². The van der Waals surface area contributed by atoms with Crippen molar-refractivity contribution in [3.05, 3.63) is 527 Å². The molecule has 0 saturated carbocycles. The molecule has 0 aliphatic rings. The number of benzene rings is 12. The maximum absolute atomic E-state index is 8.08. The van der Waals surface area contributed by atoms with E-state index in [1.807, 2.05) is 224 Å². The van der Waals surface area contributed by atoms with Gasteiger partial charge in [0.25, 0.3) is 0 Å². The van der Waals surface area contributed by atoms with Crippen molar-refractivity contribution in [2.45, 2.75) is 142 Å². The van der Waals surface area contributed by atoms with Crippen LogP contribution >= 0.6 is 0 Å². The van der Waals surface area contributed by atoms with Crippen molar-refractivity contribution in [2.75, 3.05) is 0 Å². The maximum Gasteiger partial charge on any atom is 0.0347 e. The van der Waals surface area contributed by atoms with Gasteiger partial charge in [-0.3, -0.25) is 0 Å². The Bertz CT molecular complexity index is 7810. The molecule has 20 rings (SSSR count). The van der Waals surface area contributed by atoms with Gasteiger partial charge in [0.1, 0.15) is 0 Å². The van der Waals surface area contributed by atoms with E-state index in [2.05, 4.69) is 180 Å². The average molecular weight is 2630 g/mol. The summed E-state index contributed by atoms with van der Waals surface area (Å²) in [5.74, 6) is -1.71. The van der Waals surface area contributed by atoms with Gasteiger partial charge >= 0.3 is 0 Å². The van der Waals surface area contributed by atoms with E-state index in [0.29, 0.717) is 61.7 Å². The van der Waals surface area contributed by atoms with Crippen LogP contribution in [0.2, 0.25) is 0 Å². The Balaban J connectivity index is 0.000000215. The fourth-order valence-electron chi connectivity index (χ4n) is 14.0. The Hall–Kier alpha value is -13.6. The standard InChI is InChI=1S/3C20H18N.C18H14N.3C14H14N.C13H12N.4Ir/c3*1-15(2)16-8-10-17(11-9-16)19-12-13-21-20(14-19)18-6-4-3-5-7-18;1-14-7-9-15(10-8-14)17-11-12-19-18(13-17)16-5-3-2-4-6-16;3*1-10-4-6-13(7-5-10)14-8-11(2)12(3)9-15-14;1-10-3-6-12(7-4-10)13-8-5-11(2)9-14-13;;;;/h3*3-6,8-15H,1-2H3;2-5,7-13H,1H3;3*4-6,8-9H,1-3H3;3-6,8-9H,1-2H3;;;;/q8*-1;;;;/i3*15D;;3*1D3,3D3;1D3,2D3;;;;. The Kier molecular flexibility index (Phi) is 32.5. The first kappa shape index (κ1) is 80.7. The molecule has 8 heterocycles. The van der Waals surface area contributed by atoms with E-state index in [4.69, 9.17) is 37.0 Å². The maximum atomic E-state index is 8.08. The summed E-state index contributed by atoms with van der Waals surface area (Å²) in [6, 6.07) is 132. The molecule has 0 spiro atoms. The SMILES string of the molecule is Cc1ccc(-c2ccnc(-c3[c-]cccc3)c2)cc1.[2H]C(C)(C)c1ccc(-c2ccnc(-c3[c-]cccc3)c2)cc1.[2H]C(C)(C)c1ccc(-c2ccnc(-c3[c-]cccc3)c2)cc1.[2H]C(C)(C)c1ccc(-c2ccnc(-c3[c-]cccc3)c2)cc1.[2H]C([2H])([2H])c1c[c-]c(-c2cc(C)c(C([2H])([2H])[2H])cn2)cc1.[2H]C([2H])([2H])c1c[c-]c(-c2cc(C)c(C([2H])([2H])[2H])cn2)cc1.[2H]C([2H])([2H])c1c[c-]c(-c2cc(C)c(C([2H])([2H])[2H])cn2)cc1.[2H]C([2H])([2H])c1c[c-]c(-c2ccc(C([2H])([2H])[2H])cn2)cc1.[Ir].[Ir].[Ir].[Ir]. The van der Waals surface area contributed by atoms with Crippen molar-refractivity contribution >= 4 is 0 Å². The number of aryl methyl sites for hydroxylation is 12. The minimum absolute atomic E-state index is 0. The second kappa shape index (κ2) is 58.4. The van der Waals surface area contributed by atoms with Crippen LogP contribution in [-0.4, -0.2) is 39.9 Å². The molecule has 12 heteroatoms. The monoisotopic (exact) mass is 2630 g/mol. The summed E-state index contributed by atoms with van der Waals surface area (Å²) in [6.45, 7) is 1.24. The molecular weight excluding hydrogens is 2480 g/mol. The summed E-state index contributed by atoms with van der Waals surface area (Å²) >= 11 is 0. The zero-order valence-corrected chi connectivity index (χ0v) is 91.0. The topological polar surface area (TPSA) is 103 Å². The zero-order valence-electron chi connectivity index (χ0n) is 108. The molecular formula is C133H122Ir4N8-8. The number of nitrogens with zero attached hydrogens (tertiary/aromatic N) is 8. The molecule has 12 aromatic carbocycles. The molecule has 0 atom stereocenters.